The van der Waals surface area contributed by atoms with Crippen molar-refractivity contribution < 1.29 is 19.1 Å². The lowest BCUT2D eigenvalue weighted by atomic mass is 10.1. The number of carbonyl (C=O) groups excluding carboxylic acids is 2. The Labute approximate surface area is 154 Å². The van der Waals surface area contributed by atoms with Gasteiger partial charge in [0.2, 0.25) is 0 Å². The molecule has 6 nitrogen and oxygen atoms in total. The van der Waals surface area contributed by atoms with Gasteiger partial charge < -0.3 is 19.7 Å². The normalized spacial score (nSPS) is 15.1. The number of amides is 1. The largest absolute Gasteiger partial charge is 0.462 e. The Hall–Kier alpha value is -1.21. The monoisotopic (exact) mass is 394 g/mol. The molecule has 0 spiro atoms. The van der Waals surface area contributed by atoms with Crippen LogP contribution in [0.5, 0.6) is 0 Å². The maximum atomic E-state index is 12.3. The molecule has 1 aromatic carbocycles. The van der Waals surface area contributed by atoms with E-state index in [-0.39, 0.29) is 6.61 Å². The van der Waals surface area contributed by atoms with Gasteiger partial charge in [0.05, 0.1) is 31.1 Å². The molecule has 1 N–H and O–H groups in total. The minimum absolute atomic E-state index is 0.242. The Kier molecular flexibility index (Phi) is 6.57. The van der Waals surface area contributed by atoms with Crippen LogP contribution in [0, 0.1) is 0 Å². The Morgan fingerprint density at radius 3 is 2.54 bits per heavy atom. The summed E-state index contributed by atoms with van der Waals surface area (Å²) in [6, 6.07) is 4.88. The Morgan fingerprint density at radius 1 is 1.29 bits per heavy atom. The molecule has 24 heavy (non-hydrogen) atoms. The predicted molar refractivity (Wildman–Crippen MR) is 94.4 cm³/mol. The second-order valence-electron chi connectivity index (χ2n) is 5.00. The Bertz CT molecular complexity index is 613. The molecule has 0 radical (unpaired) electrons. The highest BCUT2D eigenvalue weighted by Gasteiger charge is 2.31. The molecular weight excluding hydrogens is 379 g/mol. The van der Waals surface area contributed by atoms with Crippen LogP contribution in [-0.4, -0.2) is 48.6 Å². The molecule has 1 heterocycles. The van der Waals surface area contributed by atoms with Crippen LogP contribution in [0.25, 0.3) is 0 Å². The summed E-state index contributed by atoms with van der Waals surface area (Å²) in [7, 11) is 0. The molecule has 1 aromatic rings. The summed E-state index contributed by atoms with van der Waals surface area (Å²) < 4.78 is 8.33. The van der Waals surface area contributed by atoms with Crippen molar-refractivity contribution in [3.05, 3.63) is 23.8 Å². The third kappa shape index (κ3) is 4.89. The Morgan fingerprint density at radius 2 is 1.96 bits per heavy atom. The predicted octanol–water partition coefficient (Wildman–Crippen LogP) is 3.01. The number of carbonyl (C=O) groups is 2. The number of hydrogen-bond donors (Lipinski definition) is 1. The highest BCUT2D eigenvalue weighted by atomic mass is 35.6. The van der Waals surface area contributed by atoms with E-state index < -0.39 is 15.7 Å². The lowest BCUT2D eigenvalue weighted by Crippen LogP contribution is -2.37. The molecule has 132 valence electrons. The molecule has 0 unspecified atom stereocenters. The maximum Gasteiger partial charge on any atom is 0.340 e. The van der Waals surface area contributed by atoms with E-state index in [0.717, 1.165) is 0 Å². The van der Waals surface area contributed by atoms with E-state index in [9.17, 15) is 9.59 Å². The standard InChI is InChI=1S/C15H17Cl3N2O4/c1-2-24-13(21)11-9-10(19-14(22)15(16,17)18)3-4-12(11)20-5-7-23-8-6-20/h3-4,9H,2,5-8H2,1H3,(H,19,22). The van der Waals surface area contributed by atoms with Gasteiger partial charge in [0, 0.05) is 18.8 Å². The molecule has 1 aliphatic heterocycles. The van der Waals surface area contributed by atoms with Crippen LogP contribution in [0.15, 0.2) is 18.2 Å². The van der Waals surface area contributed by atoms with Crippen LogP contribution in [0.4, 0.5) is 11.4 Å². The number of ether oxygens (including phenoxy) is 2. The van der Waals surface area contributed by atoms with Crippen LogP contribution >= 0.6 is 34.8 Å². The van der Waals surface area contributed by atoms with Crippen molar-refractivity contribution in [3.8, 4) is 0 Å². The first-order valence-electron chi connectivity index (χ1n) is 7.35. The molecular formula is C15H17Cl3N2O4. The quantitative estimate of drug-likeness (QED) is 0.627. The number of anilines is 2. The van der Waals surface area contributed by atoms with E-state index >= 15 is 0 Å². The lowest BCUT2D eigenvalue weighted by Gasteiger charge is -2.30. The molecule has 0 aromatic heterocycles. The second-order valence-corrected chi connectivity index (χ2v) is 7.28. The van der Waals surface area contributed by atoms with Crippen molar-refractivity contribution in [3.63, 3.8) is 0 Å². The lowest BCUT2D eigenvalue weighted by molar-refractivity contribution is -0.115. The van der Waals surface area contributed by atoms with E-state index in [0.29, 0.717) is 43.2 Å². The van der Waals surface area contributed by atoms with Crippen LogP contribution < -0.4 is 10.2 Å². The van der Waals surface area contributed by atoms with E-state index in [2.05, 4.69) is 5.32 Å². The molecule has 1 amide bonds. The number of nitrogens with zero attached hydrogens (tertiary/aromatic N) is 1. The molecule has 1 fully saturated rings. The number of hydrogen-bond acceptors (Lipinski definition) is 5. The molecule has 2 rings (SSSR count). The molecule has 9 heteroatoms. The van der Waals surface area contributed by atoms with Gasteiger partial charge in [-0.2, -0.15) is 0 Å². The first-order chi connectivity index (χ1) is 11.3. The highest BCUT2D eigenvalue weighted by molar-refractivity contribution is 6.76. The summed E-state index contributed by atoms with van der Waals surface area (Å²) in [4.78, 5) is 26.1. The summed E-state index contributed by atoms with van der Waals surface area (Å²) in [5, 5.41) is 2.46. The maximum absolute atomic E-state index is 12.3. The second kappa shape index (κ2) is 8.25. The topological polar surface area (TPSA) is 67.9 Å². The fourth-order valence-electron chi connectivity index (χ4n) is 2.27. The number of nitrogens with one attached hydrogen (secondary N) is 1. The van der Waals surface area contributed by atoms with Gasteiger partial charge in [-0.05, 0) is 25.1 Å². The molecule has 0 bridgehead atoms. The molecule has 0 aliphatic carbocycles. The molecule has 1 aliphatic rings. The third-order valence-electron chi connectivity index (χ3n) is 3.36. The van der Waals surface area contributed by atoms with E-state index in [1.165, 1.54) is 6.07 Å². The first-order valence-corrected chi connectivity index (χ1v) is 8.48. The summed E-state index contributed by atoms with van der Waals surface area (Å²) in [5.74, 6) is -1.29. The third-order valence-corrected chi connectivity index (χ3v) is 3.87. The fourth-order valence-corrected chi connectivity index (χ4v) is 2.41. The van der Waals surface area contributed by atoms with Crippen LogP contribution in [-0.2, 0) is 14.3 Å². The van der Waals surface area contributed by atoms with Gasteiger partial charge in [-0.25, -0.2) is 4.79 Å². The van der Waals surface area contributed by atoms with Gasteiger partial charge >= 0.3 is 5.97 Å². The number of halogens is 3. The highest BCUT2D eigenvalue weighted by Crippen LogP contribution is 2.30. The molecule has 0 saturated carbocycles. The van der Waals surface area contributed by atoms with Crippen molar-refractivity contribution in [2.24, 2.45) is 0 Å². The minimum Gasteiger partial charge on any atom is -0.462 e. The van der Waals surface area contributed by atoms with Gasteiger partial charge in [-0.1, -0.05) is 34.8 Å². The molecule has 1 saturated heterocycles. The SMILES string of the molecule is CCOC(=O)c1cc(NC(=O)C(Cl)(Cl)Cl)ccc1N1CCOCC1. The number of alkyl halides is 3. The summed E-state index contributed by atoms with van der Waals surface area (Å²) in [6.45, 7) is 4.44. The Balaban J connectivity index is 2.31. The van der Waals surface area contributed by atoms with Crippen LogP contribution in [0.1, 0.15) is 17.3 Å². The average Bonchev–Trinajstić information content (AvgIpc) is 2.55. The minimum atomic E-state index is -2.09. The van der Waals surface area contributed by atoms with Gasteiger partial charge in [-0.15, -0.1) is 0 Å². The first kappa shape index (κ1) is 19.1. The van der Waals surface area contributed by atoms with Crippen LogP contribution in [0.3, 0.4) is 0 Å². The smallest absolute Gasteiger partial charge is 0.340 e. The zero-order chi connectivity index (χ0) is 17.7. The van der Waals surface area contributed by atoms with Crippen molar-refractivity contribution in [1.29, 1.82) is 0 Å². The average molecular weight is 396 g/mol. The summed E-state index contributed by atoms with van der Waals surface area (Å²) in [6.07, 6.45) is 0. The van der Waals surface area contributed by atoms with E-state index in [4.69, 9.17) is 44.3 Å². The van der Waals surface area contributed by atoms with Crippen molar-refractivity contribution in [2.45, 2.75) is 10.7 Å². The number of esters is 1. The van der Waals surface area contributed by atoms with Gasteiger partial charge in [0.15, 0.2) is 0 Å². The van der Waals surface area contributed by atoms with Crippen molar-refractivity contribution >= 4 is 58.1 Å². The molecule has 0 atom stereocenters. The van der Waals surface area contributed by atoms with E-state index in [1.807, 2.05) is 4.90 Å². The summed E-state index contributed by atoms with van der Waals surface area (Å²) in [5.41, 5.74) is 1.39. The van der Waals surface area contributed by atoms with Gasteiger partial charge in [0.25, 0.3) is 9.70 Å². The zero-order valence-corrected chi connectivity index (χ0v) is 15.2. The van der Waals surface area contributed by atoms with E-state index in [1.54, 1.807) is 19.1 Å². The van der Waals surface area contributed by atoms with Gasteiger partial charge in [-0.3, -0.25) is 4.79 Å². The van der Waals surface area contributed by atoms with Crippen molar-refractivity contribution in [1.82, 2.24) is 0 Å². The van der Waals surface area contributed by atoms with Gasteiger partial charge in [0.1, 0.15) is 0 Å². The zero-order valence-electron chi connectivity index (χ0n) is 13.0. The fraction of sp³-hybridized carbons (Fsp3) is 0.467. The number of rotatable bonds is 4. The summed E-state index contributed by atoms with van der Waals surface area (Å²) >= 11 is 16.6. The van der Waals surface area contributed by atoms with Crippen LogP contribution in [0.2, 0.25) is 0 Å². The number of benzene rings is 1. The number of morpholine rings is 1. The van der Waals surface area contributed by atoms with Crippen molar-refractivity contribution in [2.75, 3.05) is 43.1 Å².